The van der Waals surface area contributed by atoms with Gasteiger partial charge in [0.1, 0.15) is 26.3 Å². The van der Waals surface area contributed by atoms with Crippen LogP contribution in [-0.2, 0) is 14.3 Å². The molecule has 100 valence electrons. The molecule has 0 bridgehead atoms. The Morgan fingerprint density at radius 1 is 1.32 bits per heavy atom. The molecular formula is C13H15BO5. The molecule has 0 aliphatic rings. The van der Waals surface area contributed by atoms with Crippen molar-refractivity contribution < 1.29 is 24.1 Å². The molecule has 1 N–H and O–H groups in total. The standard InChI is InChI=1S/C13H15BO5/c1-10(14)13(16)18-8-11(15)7-17-9-19-12-5-3-2-4-6-12/h2-6,11,15H,1,7-9H2. The van der Waals surface area contributed by atoms with Crippen molar-refractivity contribution in [2.45, 2.75) is 6.10 Å². The topological polar surface area (TPSA) is 65.0 Å². The van der Waals surface area contributed by atoms with Crippen LogP contribution >= 0.6 is 0 Å². The number of hydrogen-bond donors (Lipinski definition) is 1. The summed E-state index contributed by atoms with van der Waals surface area (Å²) < 4.78 is 15.0. The molecular weight excluding hydrogens is 247 g/mol. The van der Waals surface area contributed by atoms with E-state index in [-0.39, 0.29) is 25.5 Å². The molecule has 1 atom stereocenters. The van der Waals surface area contributed by atoms with E-state index in [2.05, 4.69) is 11.3 Å². The highest BCUT2D eigenvalue weighted by molar-refractivity contribution is 6.34. The van der Waals surface area contributed by atoms with Crippen molar-refractivity contribution in [2.75, 3.05) is 20.0 Å². The molecule has 0 aliphatic heterocycles. The lowest BCUT2D eigenvalue weighted by Crippen LogP contribution is -2.25. The average molecular weight is 262 g/mol. The van der Waals surface area contributed by atoms with Crippen LogP contribution in [0, 0.1) is 0 Å². The van der Waals surface area contributed by atoms with E-state index in [4.69, 9.17) is 17.3 Å². The van der Waals surface area contributed by atoms with E-state index in [1.165, 1.54) is 0 Å². The Kier molecular flexibility index (Phi) is 6.70. The van der Waals surface area contributed by atoms with E-state index < -0.39 is 12.1 Å². The highest BCUT2D eigenvalue weighted by Crippen LogP contribution is 2.07. The Morgan fingerprint density at radius 2 is 2.00 bits per heavy atom. The largest absolute Gasteiger partial charge is 0.468 e. The van der Waals surface area contributed by atoms with Crippen LogP contribution in [0.3, 0.4) is 0 Å². The molecule has 0 saturated heterocycles. The third-order valence-electron chi connectivity index (χ3n) is 2.03. The fraction of sp³-hybridized carbons (Fsp3) is 0.308. The van der Waals surface area contributed by atoms with Crippen molar-refractivity contribution in [3.05, 3.63) is 42.4 Å². The lowest BCUT2D eigenvalue weighted by atomic mass is 9.99. The summed E-state index contributed by atoms with van der Waals surface area (Å²) in [6, 6.07) is 9.12. The van der Waals surface area contributed by atoms with Crippen molar-refractivity contribution in [1.82, 2.24) is 0 Å². The second-order valence-electron chi connectivity index (χ2n) is 3.72. The number of benzene rings is 1. The van der Waals surface area contributed by atoms with Crippen molar-refractivity contribution in [3.63, 3.8) is 0 Å². The number of ether oxygens (including phenoxy) is 3. The van der Waals surface area contributed by atoms with E-state index in [0.717, 1.165) is 0 Å². The van der Waals surface area contributed by atoms with E-state index >= 15 is 0 Å². The van der Waals surface area contributed by atoms with Crippen LogP contribution < -0.4 is 4.74 Å². The quantitative estimate of drug-likeness (QED) is 0.245. The molecule has 1 rings (SSSR count). The highest BCUT2D eigenvalue weighted by atomic mass is 16.7. The average Bonchev–Trinajstić information content (AvgIpc) is 2.42. The summed E-state index contributed by atoms with van der Waals surface area (Å²) >= 11 is 0. The van der Waals surface area contributed by atoms with Crippen LogP contribution in [0.5, 0.6) is 5.75 Å². The zero-order valence-electron chi connectivity index (χ0n) is 10.5. The number of aliphatic hydroxyl groups is 1. The number of carbonyl (C=O) groups excluding carboxylic acids is 1. The smallest absolute Gasteiger partial charge is 0.322 e. The van der Waals surface area contributed by atoms with E-state index in [9.17, 15) is 9.90 Å². The van der Waals surface area contributed by atoms with Crippen LogP contribution in [0.1, 0.15) is 0 Å². The van der Waals surface area contributed by atoms with Gasteiger partial charge >= 0.3 is 5.97 Å². The lowest BCUT2D eigenvalue weighted by molar-refractivity contribution is -0.143. The maximum Gasteiger partial charge on any atom is 0.322 e. The Bertz CT molecular complexity index is 407. The van der Waals surface area contributed by atoms with Crippen molar-refractivity contribution in [3.8, 4) is 5.75 Å². The molecule has 19 heavy (non-hydrogen) atoms. The van der Waals surface area contributed by atoms with Gasteiger partial charge in [-0.15, -0.1) is 0 Å². The Hall–Kier alpha value is -1.79. The van der Waals surface area contributed by atoms with Gasteiger partial charge < -0.3 is 19.3 Å². The maximum atomic E-state index is 10.9. The summed E-state index contributed by atoms with van der Waals surface area (Å²) in [5.74, 6) is -0.0811. The first-order chi connectivity index (χ1) is 9.09. The first-order valence-electron chi connectivity index (χ1n) is 5.64. The predicted octanol–water partition coefficient (Wildman–Crippen LogP) is 0.626. The molecule has 1 aromatic rings. The minimum absolute atomic E-state index is 0.00137. The summed E-state index contributed by atoms with van der Waals surface area (Å²) in [6.07, 6.45) is -0.942. The van der Waals surface area contributed by atoms with Gasteiger partial charge in [0.05, 0.1) is 6.61 Å². The van der Waals surface area contributed by atoms with Gasteiger partial charge in [-0.2, -0.15) is 0 Å². The molecule has 1 aromatic carbocycles. The first-order valence-corrected chi connectivity index (χ1v) is 5.64. The van der Waals surface area contributed by atoms with Gasteiger partial charge in [-0.25, -0.2) is 4.79 Å². The van der Waals surface area contributed by atoms with Crippen molar-refractivity contribution in [2.24, 2.45) is 0 Å². The third-order valence-corrected chi connectivity index (χ3v) is 2.03. The van der Waals surface area contributed by atoms with Gasteiger partial charge in [-0.05, 0) is 17.6 Å². The Balaban J connectivity index is 2.09. The van der Waals surface area contributed by atoms with Gasteiger partial charge in [-0.3, -0.25) is 0 Å². The van der Waals surface area contributed by atoms with Gasteiger partial charge in [0.2, 0.25) is 0 Å². The first kappa shape index (κ1) is 15.3. The minimum Gasteiger partial charge on any atom is -0.468 e. The predicted molar refractivity (Wildman–Crippen MR) is 69.7 cm³/mol. The normalized spacial score (nSPS) is 11.6. The number of hydrogen-bond acceptors (Lipinski definition) is 5. The minimum atomic E-state index is -0.942. The van der Waals surface area contributed by atoms with Gasteiger partial charge in [0.25, 0.3) is 0 Å². The number of esters is 1. The van der Waals surface area contributed by atoms with Crippen LogP contribution in [0.4, 0.5) is 0 Å². The zero-order valence-corrected chi connectivity index (χ0v) is 10.5. The highest BCUT2D eigenvalue weighted by Gasteiger charge is 2.09. The van der Waals surface area contributed by atoms with Gasteiger partial charge in [-0.1, -0.05) is 24.8 Å². The SMILES string of the molecule is [B]C(=C)C(=O)OCC(O)COCOc1ccccc1. The molecule has 0 amide bonds. The molecule has 0 heterocycles. The number of para-hydroxylation sites is 1. The zero-order chi connectivity index (χ0) is 14.1. The van der Waals surface area contributed by atoms with Crippen molar-refractivity contribution >= 4 is 13.8 Å². The molecule has 0 aliphatic carbocycles. The second kappa shape index (κ2) is 8.34. The number of aliphatic hydroxyl groups excluding tert-OH is 1. The number of rotatable bonds is 8. The molecule has 0 saturated carbocycles. The summed E-state index contributed by atoms with van der Waals surface area (Å²) in [6.45, 7) is 2.99. The second-order valence-corrected chi connectivity index (χ2v) is 3.72. The van der Waals surface area contributed by atoms with E-state index in [1.54, 1.807) is 12.1 Å². The molecule has 5 nitrogen and oxygen atoms in total. The fourth-order valence-electron chi connectivity index (χ4n) is 1.12. The van der Waals surface area contributed by atoms with Crippen molar-refractivity contribution in [1.29, 1.82) is 0 Å². The van der Waals surface area contributed by atoms with Crippen LogP contribution in [-0.4, -0.2) is 45.0 Å². The lowest BCUT2D eigenvalue weighted by Gasteiger charge is -2.12. The van der Waals surface area contributed by atoms with Gasteiger partial charge in [0, 0.05) is 0 Å². The molecule has 1 unspecified atom stereocenters. The summed E-state index contributed by atoms with van der Waals surface area (Å²) in [5, 5.41) is 9.45. The Labute approximate surface area is 113 Å². The van der Waals surface area contributed by atoms with E-state index in [1.807, 2.05) is 18.2 Å². The van der Waals surface area contributed by atoms with Gasteiger partial charge in [0.15, 0.2) is 6.79 Å². The van der Waals surface area contributed by atoms with E-state index in [0.29, 0.717) is 5.75 Å². The molecule has 0 aromatic heterocycles. The van der Waals surface area contributed by atoms with Crippen LogP contribution in [0.2, 0.25) is 0 Å². The molecule has 6 heteroatoms. The maximum absolute atomic E-state index is 10.9. The number of carbonyl (C=O) groups is 1. The summed E-state index contributed by atoms with van der Waals surface area (Å²) in [5.41, 5.74) is -0.208. The fourth-order valence-corrected chi connectivity index (χ4v) is 1.12. The Morgan fingerprint density at radius 3 is 2.63 bits per heavy atom. The van der Waals surface area contributed by atoms with Crippen LogP contribution in [0.25, 0.3) is 0 Å². The van der Waals surface area contributed by atoms with Crippen LogP contribution in [0.15, 0.2) is 42.4 Å². The summed E-state index contributed by atoms with van der Waals surface area (Å²) in [4.78, 5) is 10.9. The molecule has 2 radical (unpaired) electrons. The monoisotopic (exact) mass is 262 g/mol. The third kappa shape index (κ3) is 6.64. The molecule has 0 fully saturated rings. The summed E-state index contributed by atoms with van der Waals surface area (Å²) in [7, 11) is 5.11. The molecule has 0 spiro atoms.